The fourth-order valence-electron chi connectivity index (χ4n) is 2.30. The molecular formula is C18H20F2N2O4S. The minimum absolute atomic E-state index is 0.00482. The first-order valence-electron chi connectivity index (χ1n) is 8.10. The van der Waals surface area contributed by atoms with Gasteiger partial charge < -0.3 is 9.64 Å². The first kappa shape index (κ1) is 20.8. The number of nitrogens with one attached hydrogen (secondary N) is 1. The number of amides is 1. The van der Waals surface area contributed by atoms with E-state index >= 15 is 0 Å². The number of sulfonamides is 1. The van der Waals surface area contributed by atoms with E-state index in [2.05, 4.69) is 9.46 Å². The van der Waals surface area contributed by atoms with E-state index in [4.69, 9.17) is 0 Å². The van der Waals surface area contributed by atoms with Gasteiger partial charge in [0.2, 0.25) is 15.9 Å². The molecule has 0 aliphatic carbocycles. The lowest BCUT2D eigenvalue weighted by Gasteiger charge is -2.18. The Morgan fingerprint density at radius 3 is 2.33 bits per heavy atom. The Kier molecular flexibility index (Phi) is 7.26. The molecule has 0 radical (unpaired) electrons. The van der Waals surface area contributed by atoms with E-state index in [0.717, 1.165) is 5.56 Å². The summed E-state index contributed by atoms with van der Waals surface area (Å²) >= 11 is 0. The van der Waals surface area contributed by atoms with Crippen molar-refractivity contribution in [3.8, 4) is 5.75 Å². The third-order valence-electron chi connectivity index (χ3n) is 3.68. The molecule has 9 heteroatoms. The number of carbonyl (C=O) groups is 1. The molecule has 0 heterocycles. The molecule has 0 fully saturated rings. The topological polar surface area (TPSA) is 75.7 Å². The number of carbonyl (C=O) groups excluding carboxylic acids is 1. The standard InChI is InChI=1S/C18H20F2N2O4S/c1-22(13-14-7-9-15(10-8-14)26-18(19)20)17(23)11-12-21-27(24,25)16-5-3-2-4-6-16/h2-10,18,21H,11-13H2,1H3. The van der Waals surface area contributed by atoms with Crippen molar-refractivity contribution < 1.29 is 26.7 Å². The number of rotatable bonds is 9. The van der Waals surface area contributed by atoms with Crippen molar-refractivity contribution in [3.05, 3.63) is 60.2 Å². The van der Waals surface area contributed by atoms with Gasteiger partial charge in [-0.25, -0.2) is 13.1 Å². The molecule has 0 aromatic heterocycles. The molecule has 1 amide bonds. The highest BCUT2D eigenvalue weighted by molar-refractivity contribution is 7.89. The van der Waals surface area contributed by atoms with Crippen molar-refractivity contribution >= 4 is 15.9 Å². The summed E-state index contributed by atoms with van der Waals surface area (Å²) in [5.41, 5.74) is 0.734. The summed E-state index contributed by atoms with van der Waals surface area (Å²) in [6, 6.07) is 13.8. The maximum atomic E-state index is 12.1. The zero-order valence-corrected chi connectivity index (χ0v) is 15.5. The van der Waals surface area contributed by atoms with E-state index in [9.17, 15) is 22.0 Å². The molecule has 0 bridgehead atoms. The average Bonchev–Trinajstić information content (AvgIpc) is 2.63. The number of ether oxygens (including phenoxy) is 1. The summed E-state index contributed by atoms with van der Waals surface area (Å²) in [4.78, 5) is 13.7. The molecule has 0 aliphatic heterocycles. The van der Waals surface area contributed by atoms with Crippen molar-refractivity contribution in [3.63, 3.8) is 0 Å². The van der Waals surface area contributed by atoms with Crippen LogP contribution in [0, 0.1) is 0 Å². The van der Waals surface area contributed by atoms with Gasteiger partial charge >= 0.3 is 6.61 Å². The summed E-state index contributed by atoms with van der Waals surface area (Å²) in [5, 5.41) is 0. The first-order valence-corrected chi connectivity index (χ1v) is 9.58. The van der Waals surface area contributed by atoms with Crippen molar-refractivity contribution in [2.75, 3.05) is 13.6 Å². The van der Waals surface area contributed by atoms with Crippen molar-refractivity contribution in [2.24, 2.45) is 0 Å². The second-order valence-electron chi connectivity index (χ2n) is 5.73. The molecule has 6 nitrogen and oxygen atoms in total. The minimum atomic E-state index is -3.65. The summed E-state index contributed by atoms with van der Waals surface area (Å²) in [6.45, 7) is -2.65. The predicted molar refractivity (Wildman–Crippen MR) is 95.8 cm³/mol. The number of hydrogen-bond donors (Lipinski definition) is 1. The molecule has 0 aliphatic rings. The van der Waals surface area contributed by atoms with Crippen LogP contribution in [0.3, 0.4) is 0 Å². The summed E-state index contributed by atoms with van der Waals surface area (Å²) in [5.74, 6) is -0.211. The van der Waals surface area contributed by atoms with Crippen LogP contribution in [0.5, 0.6) is 5.75 Å². The van der Waals surface area contributed by atoms with Crippen LogP contribution in [0.1, 0.15) is 12.0 Å². The summed E-state index contributed by atoms with van der Waals surface area (Å²) in [7, 11) is -2.07. The highest BCUT2D eigenvalue weighted by atomic mass is 32.2. The predicted octanol–water partition coefficient (Wildman–Crippen LogP) is 2.62. The van der Waals surface area contributed by atoms with E-state index < -0.39 is 16.6 Å². The SMILES string of the molecule is CN(Cc1ccc(OC(F)F)cc1)C(=O)CCNS(=O)(=O)c1ccccc1. The maximum Gasteiger partial charge on any atom is 0.387 e. The van der Waals surface area contributed by atoms with Gasteiger partial charge in [0.15, 0.2) is 0 Å². The second-order valence-corrected chi connectivity index (χ2v) is 7.50. The lowest BCUT2D eigenvalue weighted by Crippen LogP contribution is -2.31. The second kappa shape index (κ2) is 9.43. The fraction of sp³-hybridized carbons (Fsp3) is 0.278. The molecule has 0 saturated heterocycles. The number of benzene rings is 2. The lowest BCUT2D eigenvalue weighted by molar-refractivity contribution is -0.130. The lowest BCUT2D eigenvalue weighted by atomic mass is 10.2. The van der Waals surface area contributed by atoms with E-state index in [1.54, 1.807) is 37.4 Å². The fourth-order valence-corrected chi connectivity index (χ4v) is 3.36. The summed E-state index contributed by atoms with van der Waals surface area (Å²) in [6.07, 6.45) is -0.00482. The molecule has 1 N–H and O–H groups in total. The first-order chi connectivity index (χ1) is 12.8. The molecule has 27 heavy (non-hydrogen) atoms. The zero-order valence-electron chi connectivity index (χ0n) is 14.6. The van der Waals surface area contributed by atoms with Gasteiger partial charge in [-0.1, -0.05) is 30.3 Å². The van der Waals surface area contributed by atoms with E-state index in [1.165, 1.54) is 29.2 Å². The molecular weight excluding hydrogens is 378 g/mol. The van der Waals surface area contributed by atoms with E-state index in [-0.39, 0.29) is 36.1 Å². The van der Waals surface area contributed by atoms with Crippen LogP contribution in [0.4, 0.5) is 8.78 Å². The maximum absolute atomic E-state index is 12.1. The molecule has 0 atom stereocenters. The zero-order chi connectivity index (χ0) is 19.9. The number of nitrogens with zero attached hydrogens (tertiary/aromatic N) is 1. The van der Waals surface area contributed by atoms with Gasteiger partial charge in [0, 0.05) is 26.6 Å². The highest BCUT2D eigenvalue weighted by Gasteiger charge is 2.15. The smallest absolute Gasteiger partial charge is 0.387 e. The molecule has 2 rings (SSSR count). The van der Waals surface area contributed by atoms with E-state index in [0.29, 0.717) is 0 Å². The molecule has 0 unspecified atom stereocenters. The highest BCUT2D eigenvalue weighted by Crippen LogP contribution is 2.16. The van der Waals surface area contributed by atoms with Crippen LogP contribution in [-0.4, -0.2) is 39.4 Å². The number of hydrogen-bond acceptors (Lipinski definition) is 4. The van der Waals surface area contributed by atoms with Crippen molar-refractivity contribution in [1.82, 2.24) is 9.62 Å². The Labute approximate surface area is 156 Å². The van der Waals surface area contributed by atoms with Gasteiger partial charge in [-0.3, -0.25) is 4.79 Å². The molecule has 146 valence electrons. The van der Waals surface area contributed by atoms with Gasteiger partial charge in [0.1, 0.15) is 5.75 Å². The Morgan fingerprint density at radius 1 is 1.11 bits per heavy atom. The minimum Gasteiger partial charge on any atom is -0.435 e. The van der Waals surface area contributed by atoms with Crippen LogP contribution < -0.4 is 9.46 Å². The van der Waals surface area contributed by atoms with Gasteiger partial charge in [-0.15, -0.1) is 0 Å². The largest absolute Gasteiger partial charge is 0.435 e. The average molecular weight is 398 g/mol. The van der Waals surface area contributed by atoms with Gasteiger partial charge in [0.25, 0.3) is 0 Å². The third-order valence-corrected chi connectivity index (χ3v) is 5.16. The van der Waals surface area contributed by atoms with E-state index in [1.807, 2.05) is 0 Å². The van der Waals surface area contributed by atoms with Crippen LogP contribution in [0.15, 0.2) is 59.5 Å². The van der Waals surface area contributed by atoms with Crippen LogP contribution in [0.2, 0.25) is 0 Å². The van der Waals surface area contributed by atoms with Crippen LogP contribution in [-0.2, 0) is 21.4 Å². The molecule has 2 aromatic rings. The number of halogens is 2. The Morgan fingerprint density at radius 2 is 1.74 bits per heavy atom. The molecule has 0 saturated carbocycles. The van der Waals surface area contributed by atoms with Crippen molar-refractivity contribution in [2.45, 2.75) is 24.5 Å². The van der Waals surface area contributed by atoms with Gasteiger partial charge in [-0.2, -0.15) is 8.78 Å². The van der Waals surface area contributed by atoms with Crippen LogP contribution >= 0.6 is 0 Å². The van der Waals surface area contributed by atoms with Gasteiger partial charge in [-0.05, 0) is 29.8 Å². The quantitative estimate of drug-likeness (QED) is 0.705. The third kappa shape index (κ3) is 6.61. The van der Waals surface area contributed by atoms with Gasteiger partial charge in [0.05, 0.1) is 4.90 Å². The monoisotopic (exact) mass is 398 g/mol. The Balaban J connectivity index is 1.82. The number of alkyl halides is 2. The molecule has 0 spiro atoms. The Bertz CT molecular complexity index is 843. The van der Waals surface area contributed by atoms with Crippen LogP contribution in [0.25, 0.3) is 0 Å². The van der Waals surface area contributed by atoms with Crippen molar-refractivity contribution in [1.29, 1.82) is 0 Å². The Hall–Kier alpha value is -2.52. The normalized spacial score (nSPS) is 11.4. The molecule has 2 aromatic carbocycles. The summed E-state index contributed by atoms with van der Waals surface area (Å²) < 4.78 is 55.1.